The molecule has 0 spiro atoms. The smallest absolute Gasteiger partial charge is 0.168 e. The van der Waals surface area contributed by atoms with Gasteiger partial charge in [-0.05, 0) is 74.5 Å². The van der Waals surface area contributed by atoms with Crippen LogP contribution in [0.15, 0.2) is 150 Å². The van der Waals surface area contributed by atoms with Crippen molar-refractivity contribution in [3.63, 3.8) is 0 Å². The maximum Gasteiger partial charge on any atom is 0.168 e. The Balaban J connectivity index is 0.000000380. The van der Waals surface area contributed by atoms with E-state index in [2.05, 4.69) is 111 Å². The number of para-hydroxylation sites is 3. The fourth-order valence-corrected chi connectivity index (χ4v) is 5.49. The number of nitrogens with zero attached hydrogens (tertiary/aromatic N) is 4. The normalized spacial score (nSPS) is 11.7. The van der Waals surface area contributed by atoms with Crippen LogP contribution in [0.4, 0.5) is 17.1 Å². The number of rotatable bonds is 5. The van der Waals surface area contributed by atoms with Gasteiger partial charge in [0.2, 0.25) is 0 Å². The van der Waals surface area contributed by atoms with E-state index in [1.807, 2.05) is 82.0 Å². The van der Waals surface area contributed by atoms with Gasteiger partial charge in [0.15, 0.2) is 5.82 Å². The predicted molar refractivity (Wildman–Crippen MR) is 176 cm³/mol. The maximum atomic E-state index is 4.47. The van der Waals surface area contributed by atoms with Gasteiger partial charge in [0.25, 0.3) is 0 Å². The van der Waals surface area contributed by atoms with Crippen molar-refractivity contribution in [2.24, 2.45) is 0 Å². The topological polar surface area (TPSA) is 34.0 Å². The van der Waals surface area contributed by atoms with E-state index in [0.29, 0.717) is 0 Å². The van der Waals surface area contributed by atoms with E-state index in [1.165, 1.54) is 21.2 Å². The Labute approximate surface area is 248 Å². The molecule has 0 saturated carbocycles. The summed E-state index contributed by atoms with van der Waals surface area (Å²) in [7, 11) is 0. The van der Waals surface area contributed by atoms with Crippen molar-refractivity contribution in [2.75, 3.05) is 4.90 Å². The van der Waals surface area contributed by atoms with Gasteiger partial charge in [0.1, 0.15) is 5.82 Å². The van der Waals surface area contributed by atoms with Crippen LogP contribution in [-0.4, -0.2) is 14.8 Å². The fraction of sp³-hybridized carbons (Fsp3) is 0.111. The van der Waals surface area contributed by atoms with Crippen LogP contribution in [-0.2, 0) is 0 Å². The number of hydrogen-bond donors (Lipinski definition) is 0. The quantitative estimate of drug-likeness (QED) is 0.198. The number of allylic oxidation sites excluding steroid dienone is 5. The van der Waals surface area contributed by atoms with Gasteiger partial charge in [-0.2, -0.15) is 0 Å². The monoisotopic (exact) mass is 556 g/mol. The molecule has 41 heavy (non-hydrogen) atoms. The summed E-state index contributed by atoms with van der Waals surface area (Å²) in [5.74, 6) is 1.71. The van der Waals surface area contributed by atoms with E-state index in [4.69, 9.17) is 0 Å². The third-order valence-electron chi connectivity index (χ3n) is 6.21. The Kier molecular flexibility index (Phi) is 10.5. The Morgan fingerprint density at radius 2 is 1.24 bits per heavy atom. The number of hydrogen-bond acceptors (Lipinski definition) is 4. The molecule has 1 aliphatic heterocycles. The van der Waals surface area contributed by atoms with Gasteiger partial charge in [-0.3, -0.25) is 4.57 Å². The van der Waals surface area contributed by atoms with E-state index in [9.17, 15) is 0 Å². The summed E-state index contributed by atoms with van der Waals surface area (Å²) in [4.78, 5) is 4.85. The number of fused-ring (bicyclic) bond motifs is 2. The first-order valence-corrected chi connectivity index (χ1v) is 14.7. The molecule has 1 aromatic heterocycles. The second kappa shape index (κ2) is 14.7. The van der Waals surface area contributed by atoms with Crippen LogP contribution in [0.25, 0.3) is 17.1 Å². The van der Waals surface area contributed by atoms with Crippen LogP contribution in [0.2, 0.25) is 0 Å². The molecule has 0 radical (unpaired) electrons. The Hall–Kier alpha value is -4.61. The summed E-state index contributed by atoms with van der Waals surface area (Å²) >= 11 is 1.82. The maximum absolute atomic E-state index is 4.47. The summed E-state index contributed by atoms with van der Waals surface area (Å²) < 4.78 is 2.09. The van der Waals surface area contributed by atoms with E-state index in [1.54, 1.807) is 6.08 Å². The number of anilines is 3. The van der Waals surface area contributed by atoms with Crippen molar-refractivity contribution >= 4 is 28.8 Å². The van der Waals surface area contributed by atoms with E-state index < -0.39 is 0 Å². The third-order valence-corrected chi connectivity index (χ3v) is 7.34. The molecular weight excluding hydrogens is 520 g/mol. The lowest BCUT2D eigenvalue weighted by atomic mass is 10.1. The van der Waals surface area contributed by atoms with Gasteiger partial charge >= 0.3 is 0 Å². The second-order valence-corrected chi connectivity index (χ2v) is 9.89. The molecule has 4 nitrogen and oxygen atoms in total. The van der Waals surface area contributed by atoms with Crippen LogP contribution < -0.4 is 4.90 Å². The molecule has 4 aromatic carbocycles. The summed E-state index contributed by atoms with van der Waals surface area (Å²) in [6, 6.07) is 35.9. The first-order valence-electron chi connectivity index (χ1n) is 13.9. The predicted octanol–water partition coefficient (Wildman–Crippen LogP) is 10.5. The summed E-state index contributed by atoms with van der Waals surface area (Å²) in [6.07, 6.45) is 9.51. The van der Waals surface area contributed by atoms with Gasteiger partial charge in [-0.15, -0.1) is 10.2 Å². The van der Waals surface area contributed by atoms with E-state index in [-0.39, 0.29) is 0 Å². The van der Waals surface area contributed by atoms with Crippen molar-refractivity contribution < 1.29 is 0 Å². The summed E-state index contributed by atoms with van der Waals surface area (Å²) in [6.45, 7) is 11.5. The average molecular weight is 557 g/mol. The fourth-order valence-electron chi connectivity index (χ4n) is 4.43. The van der Waals surface area contributed by atoms with Gasteiger partial charge in [0.05, 0.1) is 11.4 Å². The molecule has 0 N–H and O–H groups in total. The number of benzene rings is 4. The van der Waals surface area contributed by atoms with Gasteiger partial charge < -0.3 is 4.90 Å². The first kappa shape index (κ1) is 29.4. The second-order valence-electron chi connectivity index (χ2n) is 8.81. The Morgan fingerprint density at radius 1 is 0.659 bits per heavy atom. The standard InChI is InChI=1S/C27H20N4S.C7H10.C2H6/c1-19-28-29-27(30(19)21-9-3-2-4-10-21)20-15-17-22(18-16-20)31-23-11-5-7-13-25(23)32-26-14-8-6-12-24(26)31;1-3-5-7-6-4-2;1-2/h2-18H,1H3;3-7H,1H2,2H3;1-2H3/b;6-4-,7-5-;. The van der Waals surface area contributed by atoms with Crippen molar-refractivity contribution in [1.29, 1.82) is 0 Å². The Morgan fingerprint density at radius 3 is 1.83 bits per heavy atom. The molecule has 0 bridgehead atoms. The molecule has 2 heterocycles. The highest BCUT2D eigenvalue weighted by Crippen LogP contribution is 2.51. The third kappa shape index (κ3) is 6.76. The van der Waals surface area contributed by atoms with Crippen LogP contribution in [0.5, 0.6) is 0 Å². The lowest BCUT2D eigenvalue weighted by Crippen LogP contribution is -2.14. The van der Waals surface area contributed by atoms with Crippen LogP contribution in [0.1, 0.15) is 26.6 Å². The minimum atomic E-state index is 0.843. The molecule has 0 aliphatic carbocycles. The molecule has 5 heteroatoms. The lowest BCUT2D eigenvalue weighted by molar-refractivity contribution is 0.972. The van der Waals surface area contributed by atoms with Gasteiger partial charge in [0, 0.05) is 26.7 Å². The number of aryl methyl sites for hydroxylation is 1. The first-order chi connectivity index (χ1) is 20.2. The summed E-state index contributed by atoms with van der Waals surface area (Å²) in [5.41, 5.74) is 5.62. The molecule has 0 amide bonds. The molecule has 5 aromatic rings. The largest absolute Gasteiger partial charge is 0.308 e. The van der Waals surface area contributed by atoms with Crippen molar-refractivity contribution in [3.05, 3.63) is 146 Å². The molecule has 0 saturated heterocycles. The number of aromatic nitrogens is 3. The Bertz CT molecular complexity index is 1570. The van der Waals surface area contributed by atoms with Gasteiger partial charge in [-0.25, -0.2) is 0 Å². The zero-order valence-corrected chi connectivity index (χ0v) is 24.9. The zero-order valence-electron chi connectivity index (χ0n) is 24.1. The van der Waals surface area contributed by atoms with Crippen molar-refractivity contribution in [3.8, 4) is 17.1 Å². The molecule has 0 unspecified atom stereocenters. The minimum absolute atomic E-state index is 0.843. The van der Waals surface area contributed by atoms with Crippen molar-refractivity contribution in [1.82, 2.24) is 14.8 Å². The molecular formula is C36H36N4S. The van der Waals surface area contributed by atoms with E-state index in [0.717, 1.165) is 28.6 Å². The highest BCUT2D eigenvalue weighted by Gasteiger charge is 2.24. The van der Waals surface area contributed by atoms with Crippen LogP contribution >= 0.6 is 11.8 Å². The van der Waals surface area contributed by atoms with Gasteiger partial charge in [-0.1, -0.05) is 105 Å². The lowest BCUT2D eigenvalue weighted by Gasteiger charge is -2.32. The van der Waals surface area contributed by atoms with Crippen LogP contribution in [0, 0.1) is 6.92 Å². The average Bonchev–Trinajstić information content (AvgIpc) is 3.43. The SMILES string of the molecule is C=C/C=C\C=C/C.CC.Cc1nnc(-c2ccc(N3c4ccccc4Sc4ccccc43)cc2)n1-c1ccccc1. The van der Waals surface area contributed by atoms with Crippen LogP contribution in [0.3, 0.4) is 0 Å². The highest BCUT2D eigenvalue weighted by atomic mass is 32.2. The summed E-state index contributed by atoms with van der Waals surface area (Å²) in [5, 5.41) is 8.81. The van der Waals surface area contributed by atoms with Crippen molar-refractivity contribution in [2.45, 2.75) is 37.5 Å². The molecule has 0 fully saturated rings. The minimum Gasteiger partial charge on any atom is -0.308 e. The molecule has 1 aliphatic rings. The zero-order chi connectivity index (χ0) is 29.0. The van der Waals surface area contributed by atoms with E-state index >= 15 is 0 Å². The molecule has 0 atom stereocenters. The highest BCUT2D eigenvalue weighted by molar-refractivity contribution is 7.99. The molecule has 6 rings (SSSR count). The molecule has 206 valence electrons.